The molecule has 178 valence electrons. The number of sulfonamides is 1. The lowest BCUT2D eigenvalue weighted by molar-refractivity contribution is -0.114. The van der Waals surface area contributed by atoms with Gasteiger partial charge in [0.05, 0.1) is 37.4 Å². The van der Waals surface area contributed by atoms with E-state index < -0.39 is 22.5 Å². The number of nitrogens with zero attached hydrogens (tertiary/aromatic N) is 2. The minimum absolute atomic E-state index is 0.229. The highest BCUT2D eigenvalue weighted by atomic mass is 32.2. The quantitative estimate of drug-likeness (QED) is 0.629. The van der Waals surface area contributed by atoms with Crippen molar-refractivity contribution in [2.75, 3.05) is 49.7 Å². The van der Waals surface area contributed by atoms with Crippen LogP contribution in [0.3, 0.4) is 0 Å². The average Bonchev–Trinajstić information content (AvgIpc) is 3.31. The maximum Gasteiger partial charge on any atom is 0.256 e. The summed E-state index contributed by atoms with van der Waals surface area (Å²) in [5, 5.41) is 2.70. The summed E-state index contributed by atoms with van der Waals surface area (Å²) in [6.07, 6.45) is 2.88. The van der Waals surface area contributed by atoms with E-state index in [2.05, 4.69) is 5.32 Å². The molecule has 1 N–H and O–H groups in total. The summed E-state index contributed by atoms with van der Waals surface area (Å²) >= 11 is 0. The summed E-state index contributed by atoms with van der Waals surface area (Å²) in [6.45, 7) is 2.59. The summed E-state index contributed by atoms with van der Waals surface area (Å²) in [6, 6.07) is 9.96. The maximum atomic E-state index is 13.1. The lowest BCUT2D eigenvalue weighted by Crippen LogP contribution is -2.38. The van der Waals surface area contributed by atoms with Crippen LogP contribution in [0.4, 0.5) is 11.4 Å². The van der Waals surface area contributed by atoms with Crippen LogP contribution in [-0.2, 0) is 14.8 Å². The average molecular weight is 476 g/mol. The van der Waals surface area contributed by atoms with Gasteiger partial charge in [-0.3, -0.25) is 13.9 Å². The van der Waals surface area contributed by atoms with Crippen molar-refractivity contribution < 1.29 is 27.5 Å². The molecule has 1 fully saturated rings. The van der Waals surface area contributed by atoms with Crippen molar-refractivity contribution in [2.45, 2.75) is 19.8 Å². The van der Waals surface area contributed by atoms with Gasteiger partial charge >= 0.3 is 0 Å². The van der Waals surface area contributed by atoms with E-state index in [9.17, 15) is 18.0 Å². The molecule has 0 saturated carbocycles. The second-order valence-corrected chi connectivity index (χ2v) is 9.76. The van der Waals surface area contributed by atoms with Crippen molar-refractivity contribution in [3.8, 4) is 11.5 Å². The Morgan fingerprint density at radius 2 is 1.67 bits per heavy atom. The van der Waals surface area contributed by atoms with Gasteiger partial charge in [0.2, 0.25) is 15.9 Å². The van der Waals surface area contributed by atoms with E-state index in [-0.39, 0.29) is 17.2 Å². The first-order valence-electron chi connectivity index (χ1n) is 10.5. The number of methoxy groups -OCH3 is 2. The lowest BCUT2D eigenvalue weighted by Gasteiger charge is -2.24. The van der Waals surface area contributed by atoms with Gasteiger partial charge in [-0.05, 0) is 37.5 Å². The molecule has 0 atom stereocenters. The van der Waals surface area contributed by atoms with Crippen molar-refractivity contribution in [1.29, 1.82) is 0 Å². The largest absolute Gasteiger partial charge is 0.493 e. The third-order valence-corrected chi connectivity index (χ3v) is 6.62. The van der Waals surface area contributed by atoms with Crippen molar-refractivity contribution in [1.82, 2.24) is 4.90 Å². The number of carbonyl (C=O) groups excluding carboxylic acids is 2. The zero-order valence-electron chi connectivity index (χ0n) is 19.3. The molecule has 0 bridgehead atoms. The molecule has 2 aromatic carbocycles. The molecule has 1 aliphatic rings. The highest BCUT2D eigenvalue weighted by molar-refractivity contribution is 7.92. The smallest absolute Gasteiger partial charge is 0.256 e. The molecule has 10 heteroatoms. The third kappa shape index (κ3) is 5.57. The Kier molecular flexibility index (Phi) is 7.47. The van der Waals surface area contributed by atoms with Gasteiger partial charge < -0.3 is 19.7 Å². The Morgan fingerprint density at radius 3 is 2.24 bits per heavy atom. The maximum absolute atomic E-state index is 13.1. The second-order valence-electron chi connectivity index (χ2n) is 7.86. The van der Waals surface area contributed by atoms with Gasteiger partial charge in [-0.15, -0.1) is 0 Å². The molecule has 0 aromatic heterocycles. The van der Waals surface area contributed by atoms with E-state index in [4.69, 9.17) is 9.47 Å². The predicted octanol–water partition coefficient (Wildman–Crippen LogP) is 2.65. The Hall–Kier alpha value is -3.27. The Morgan fingerprint density at radius 1 is 1.06 bits per heavy atom. The molecule has 9 nitrogen and oxygen atoms in total. The van der Waals surface area contributed by atoms with Crippen LogP contribution >= 0.6 is 0 Å². The van der Waals surface area contributed by atoms with E-state index in [1.807, 2.05) is 0 Å². The summed E-state index contributed by atoms with van der Waals surface area (Å²) in [4.78, 5) is 27.8. The fourth-order valence-electron chi connectivity index (χ4n) is 3.79. The van der Waals surface area contributed by atoms with Crippen molar-refractivity contribution in [2.24, 2.45) is 0 Å². The number of nitrogens with one attached hydrogen (secondary N) is 1. The van der Waals surface area contributed by atoms with Gasteiger partial charge in [-0.2, -0.15) is 0 Å². The minimum atomic E-state index is -3.74. The monoisotopic (exact) mass is 475 g/mol. The molecule has 33 heavy (non-hydrogen) atoms. The van der Waals surface area contributed by atoms with Gasteiger partial charge in [-0.25, -0.2) is 8.42 Å². The summed E-state index contributed by atoms with van der Waals surface area (Å²) in [5.41, 5.74) is 1.61. The topological polar surface area (TPSA) is 105 Å². The Balaban J connectivity index is 1.94. The number of para-hydroxylation sites is 1. The highest BCUT2D eigenvalue weighted by Crippen LogP contribution is 2.34. The van der Waals surface area contributed by atoms with Crippen LogP contribution in [0.1, 0.15) is 28.8 Å². The van der Waals surface area contributed by atoms with Crippen LogP contribution in [0.5, 0.6) is 11.5 Å². The molecular weight excluding hydrogens is 446 g/mol. The number of rotatable bonds is 8. The highest BCUT2D eigenvalue weighted by Gasteiger charge is 2.27. The van der Waals surface area contributed by atoms with Crippen LogP contribution in [0.25, 0.3) is 0 Å². The molecule has 1 aliphatic heterocycles. The van der Waals surface area contributed by atoms with E-state index >= 15 is 0 Å². The van der Waals surface area contributed by atoms with Gasteiger partial charge in [0, 0.05) is 19.2 Å². The van der Waals surface area contributed by atoms with Gasteiger partial charge in [0.15, 0.2) is 11.5 Å². The van der Waals surface area contributed by atoms with E-state index in [1.54, 1.807) is 36.1 Å². The number of aryl methyl sites for hydroxylation is 1. The molecule has 2 amide bonds. The molecular formula is C23H29N3O6S. The van der Waals surface area contributed by atoms with Crippen molar-refractivity contribution in [3.63, 3.8) is 0 Å². The molecule has 1 saturated heterocycles. The summed E-state index contributed by atoms with van der Waals surface area (Å²) in [7, 11) is -0.820. The number of amides is 2. The van der Waals surface area contributed by atoms with Crippen LogP contribution in [0.2, 0.25) is 0 Å². The fraction of sp³-hybridized carbons (Fsp3) is 0.391. The Bertz CT molecular complexity index is 1140. The first-order chi connectivity index (χ1) is 15.7. The van der Waals surface area contributed by atoms with Gasteiger partial charge in [-0.1, -0.05) is 18.2 Å². The molecule has 0 radical (unpaired) electrons. The summed E-state index contributed by atoms with van der Waals surface area (Å²) < 4.78 is 36.6. The fourth-order valence-corrected chi connectivity index (χ4v) is 4.71. The van der Waals surface area contributed by atoms with Crippen LogP contribution in [0, 0.1) is 6.92 Å². The number of anilines is 2. The second kappa shape index (κ2) is 10.1. The van der Waals surface area contributed by atoms with Gasteiger partial charge in [0.1, 0.15) is 6.54 Å². The normalized spacial score (nSPS) is 13.5. The van der Waals surface area contributed by atoms with Crippen molar-refractivity contribution >= 4 is 33.2 Å². The lowest BCUT2D eigenvalue weighted by atomic mass is 10.1. The SMILES string of the molecule is COc1cc(NC(=O)CN(c2ccccc2C)S(C)(=O)=O)c(C(=O)N2CCCC2)cc1OC. The first kappa shape index (κ1) is 24.4. The minimum Gasteiger partial charge on any atom is -0.493 e. The van der Waals surface area contributed by atoms with Gasteiger partial charge in [0.25, 0.3) is 5.91 Å². The predicted molar refractivity (Wildman–Crippen MR) is 127 cm³/mol. The number of carbonyl (C=O) groups is 2. The van der Waals surface area contributed by atoms with E-state index in [0.29, 0.717) is 35.8 Å². The van der Waals surface area contributed by atoms with E-state index in [1.165, 1.54) is 26.4 Å². The molecule has 0 unspecified atom stereocenters. The van der Waals surface area contributed by atoms with Crippen LogP contribution < -0.4 is 19.1 Å². The van der Waals surface area contributed by atoms with E-state index in [0.717, 1.165) is 23.4 Å². The van der Waals surface area contributed by atoms with Crippen LogP contribution in [0.15, 0.2) is 36.4 Å². The number of benzene rings is 2. The molecule has 1 heterocycles. The number of hydrogen-bond donors (Lipinski definition) is 1. The zero-order valence-corrected chi connectivity index (χ0v) is 20.1. The molecule has 0 spiro atoms. The number of likely N-dealkylation sites (tertiary alicyclic amines) is 1. The molecule has 2 aromatic rings. The Labute approximate surface area is 194 Å². The van der Waals surface area contributed by atoms with Crippen molar-refractivity contribution in [3.05, 3.63) is 47.5 Å². The first-order valence-corrected chi connectivity index (χ1v) is 12.4. The molecule has 3 rings (SSSR count). The number of hydrogen-bond acceptors (Lipinski definition) is 6. The molecule has 0 aliphatic carbocycles. The van der Waals surface area contributed by atoms with Crippen LogP contribution in [-0.4, -0.2) is 65.2 Å². The third-order valence-electron chi connectivity index (χ3n) is 5.49. The zero-order chi connectivity index (χ0) is 24.2. The summed E-state index contributed by atoms with van der Waals surface area (Å²) in [5.74, 6) is -0.130. The standard InChI is InChI=1S/C23H29N3O6S/c1-16-9-5-6-10-19(16)26(33(4,29)30)15-22(27)24-18-14-21(32-3)20(31-2)13-17(18)23(28)25-11-7-8-12-25/h5-6,9-10,13-14H,7-8,11-12,15H2,1-4H3,(H,24,27). The number of ether oxygens (including phenoxy) is 2.